The first-order valence-corrected chi connectivity index (χ1v) is 8.04. The van der Waals surface area contributed by atoms with Crippen LogP contribution in [0.4, 0.5) is 0 Å². The van der Waals surface area contributed by atoms with E-state index in [9.17, 15) is 4.79 Å². The van der Waals surface area contributed by atoms with E-state index < -0.39 is 5.54 Å². The molecule has 3 N–H and O–H groups in total. The van der Waals surface area contributed by atoms with Gasteiger partial charge in [0.25, 0.3) is 5.91 Å². The average molecular weight is 343 g/mol. The molecule has 1 saturated carbocycles. The first-order valence-electron chi connectivity index (χ1n) is 7.10. The predicted octanol–water partition coefficient (Wildman–Crippen LogP) is 2.25. The van der Waals surface area contributed by atoms with Gasteiger partial charge in [-0.05, 0) is 24.3 Å². The zero-order valence-electron chi connectivity index (χ0n) is 12.1. The lowest BCUT2D eigenvalue weighted by atomic mass is 9.99. The highest BCUT2D eigenvalue weighted by atomic mass is 35.5. The number of nitrogens with two attached hydrogens (primary N) is 1. The molecular weight excluding hydrogens is 324 g/mol. The number of carbonyl (C=O) groups is 1. The molecule has 120 valence electrons. The fourth-order valence-electron chi connectivity index (χ4n) is 2.57. The summed E-state index contributed by atoms with van der Waals surface area (Å²) in [5.74, 6) is 1.04. The highest BCUT2D eigenvalue weighted by Crippen LogP contribution is 2.34. The fraction of sp³-hybridized carbons (Fsp3) is 0.500. The van der Waals surface area contributed by atoms with Gasteiger partial charge in [0.1, 0.15) is 0 Å². The molecule has 6 nitrogen and oxygen atoms in total. The zero-order valence-corrected chi connectivity index (χ0v) is 13.7. The second-order valence-electron chi connectivity index (χ2n) is 5.39. The molecule has 3 rings (SSSR count). The lowest BCUT2D eigenvalue weighted by molar-refractivity contribution is 0.0954. The molecule has 1 amide bonds. The Morgan fingerprint density at radius 1 is 1.45 bits per heavy atom. The number of hydrogen-bond acceptors (Lipinski definition) is 6. The third-order valence-electron chi connectivity index (χ3n) is 3.82. The van der Waals surface area contributed by atoms with E-state index in [1.54, 1.807) is 6.07 Å². The van der Waals surface area contributed by atoms with Crippen molar-refractivity contribution in [2.45, 2.75) is 37.6 Å². The largest absolute Gasteiger partial charge is 0.351 e. The zero-order chi connectivity index (χ0) is 14.7. The van der Waals surface area contributed by atoms with E-state index in [2.05, 4.69) is 15.5 Å². The number of thiophene rings is 1. The van der Waals surface area contributed by atoms with Crippen LogP contribution in [-0.4, -0.2) is 22.6 Å². The number of carbonyl (C=O) groups excluding carboxylic acids is 1. The van der Waals surface area contributed by atoms with Gasteiger partial charge < -0.3 is 15.6 Å². The first kappa shape index (κ1) is 16.9. The molecule has 1 aliphatic carbocycles. The predicted molar refractivity (Wildman–Crippen MR) is 86.2 cm³/mol. The molecule has 2 aromatic rings. The highest BCUT2D eigenvalue weighted by Gasteiger charge is 2.35. The second kappa shape index (κ2) is 7.21. The van der Waals surface area contributed by atoms with Crippen molar-refractivity contribution >= 4 is 29.7 Å². The van der Waals surface area contributed by atoms with Crippen molar-refractivity contribution in [3.63, 3.8) is 0 Å². The third-order valence-corrected chi connectivity index (χ3v) is 4.50. The minimum atomic E-state index is -0.429. The van der Waals surface area contributed by atoms with Gasteiger partial charge in [-0.3, -0.25) is 4.79 Å². The molecule has 0 aliphatic heterocycles. The van der Waals surface area contributed by atoms with E-state index in [4.69, 9.17) is 10.3 Å². The number of halogens is 1. The molecular formula is C14H19ClN4O2S. The van der Waals surface area contributed by atoms with Crippen LogP contribution in [0.25, 0.3) is 0 Å². The summed E-state index contributed by atoms with van der Waals surface area (Å²) in [5.41, 5.74) is 6.53. The van der Waals surface area contributed by atoms with Crippen LogP contribution in [-0.2, 0) is 12.0 Å². The Labute approximate surface area is 138 Å². The van der Waals surface area contributed by atoms with Gasteiger partial charge >= 0.3 is 0 Å². The lowest BCUT2D eigenvalue weighted by Gasteiger charge is -2.17. The van der Waals surface area contributed by atoms with Crippen LogP contribution in [0.2, 0.25) is 0 Å². The number of amides is 1. The molecule has 0 spiro atoms. The van der Waals surface area contributed by atoms with Gasteiger partial charge in [-0.25, -0.2) is 0 Å². The van der Waals surface area contributed by atoms with Crippen LogP contribution in [0.15, 0.2) is 21.3 Å². The standard InChI is InChI=1S/C14H18N4O2S.ClH/c15-14(5-1-2-6-14)13-17-11(20-18-13)3-7-16-12(19)10-4-8-21-9-10;/h4,8-9H,1-3,5-7,15H2,(H,16,19);1H. The lowest BCUT2D eigenvalue weighted by Crippen LogP contribution is -2.34. The maximum Gasteiger partial charge on any atom is 0.252 e. The average Bonchev–Trinajstić information content (AvgIpc) is 3.20. The number of nitrogens with one attached hydrogen (secondary N) is 1. The quantitative estimate of drug-likeness (QED) is 0.869. The second-order valence-corrected chi connectivity index (χ2v) is 6.17. The summed E-state index contributed by atoms with van der Waals surface area (Å²) >= 11 is 1.50. The van der Waals surface area contributed by atoms with E-state index >= 15 is 0 Å². The molecule has 0 atom stereocenters. The van der Waals surface area contributed by atoms with Crippen molar-refractivity contribution in [3.05, 3.63) is 34.1 Å². The van der Waals surface area contributed by atoms with Crippen molar-refractivity contribution in [2.24, 2.45) is 5.73 Å². The maximum atomic E-state index is 11.8. The summed E-state index contributed by atoms with van der Waals surface area (Å²) < 4.78 is 5.22. The topological polar surface area (TPSA) is 94.0 Å². The maximum absolute atomic E-state index is 11.8. The van der Waals surface area contributed by atoms with Gasteiger partial charge in [0.05, 0.1) is 5.54 Å². The van der Waals surface area contributed by atoms with Crippen LogP contribution >= 0.6 is 23.7 Å². The minimum Gasteiger partial charge on any atom is -0.351 e. The summed E-state index contributed by atoms with van der Waals surface area (Å²) in [5, 5.41) is 10.5. The molecule has 22 heavy (non-hydrogen) atoms. The van der Waals surface area contributed by atoms with Gasteiger partial charge in [-0.2, -0.15) is 16.3 Å². The van der Waals surface area contributed by atoms with E-state index in [1.807, 2.05) is 10.8 Å². The fourth-order valence-corrected chi connectivity index (χ4v) is 3.20. The molecule has 0 aromatic carbocycles. The smallest absolute Gasteiger partial charge is 0.252 e. The van der Waals surface area contributed by atoms with Crippen LogP contribution in [0.1, 0.15) is 47.8 Å². The van der Waals surface area contributed by atoms with Crippen molar-refractivity contribution in [1.29, 1.82) is 0 Å². The Kier molecular flexibility index (Phi) is 5.55. The minimum absolute atomic E-state index is 0. The summed E-state index contributed by atoms with van der Waals surface area (Å²) in [6.07, 6.45) is 4.54. The Balaban J connectivity index is 0.00000176. The SMILES string of the molecule is Cl.NC1(c2noc(CCNC(=O)c3ccsc3)n2)CCCC1. The number of nitrogens with zero attached hydrogens (tertiary/aromatic N) is 2. The van der Waals surface area contributed by atoms with Gasteiger partial charge in [-0.1, -0.05) is 18.0 Å². The van der Waals surface area contributed by atoms with E-state index in [0.29, 0.717) is 30.2 Å². The van der Waals surface area contributed by atoms with Gasteiger partial charge in [0, 0.05) is 23.9 Å². The van der Waals surface area contributed by atoms with Crippen LogP contribution < -0.4 is 11.1 Å². The van der Waals surface area contributed by atoms with E-state index in [0.717, 1.165) is 25.7 Å². The Morgan fingerprint density at radius 2 is 2.23 bits per heavy atom. The van der Waals surface area contributed by atoms with Crippen LogP contribution in [0.3, 0.4) is 0 Å². The Morgan fingerprint density at radius 3 is 2.91 bits per heavy atom. The Bertz CT molecular complexity index is 608. The molecule has 0 saturated heterocycles. The molecule has 1 aliphatic rings. The van der Waals surface area contributed by atoms with E-state index in [1.165, 1.54) is 11.3 Å². The summed E-state index contributed by atoms with van der Waals surface area (Å²) in [7, 11) is 0. The summed E-state index contributed by atoms with van der Waals surface area (Å²) in [6, 6.07) is 1.79. The number of hydrogen-bond donors (Lipinski definition) is 2. The third kappa shape index (κ3) is 3.66. The summed E-state index contributed by atoms with van der Waals surface area (Å²) in [6.45, 7) is 0.466. The number of rotatable bonds is 5. The van der Waals surface area contributed by atoms with Crippen molar-refractivity contribution in [1.82, 2.24) is 15.5 Å². The first-order chi connectivity index (χ1) is 10.2. The molecule has 8 heteroatoms. The van der Waals surface area contributed by atoms with Crippen molar-refractivity contribution < 1.29 is 9.32 Å². The molecule has 0 unspecified atom stereocenters. The monoisotopic (exact) mass is 342 g/mol. The molecule has 0 bridgehead atoms. The molecule has 2 heterocycles. The van der Waals surface area contributed by atoms with Crippen molar-refractivity contribution in [2.75, 3.05) is 6.54 Å². The van der Waals surface area contributed by atoms with Gasteiger partial charge in [0.15, 0.2) is 5.82 Å². The van der Waals surface area contributed by atoms with Gasteiger partial charge in [-0.15, -0.1) is 12.4 Å². The van der Waals surface area contributed by atoms with E-state index in [-0.39, 0.29) is 18.3 Å². The molecule has 2 aromatic heterocycles. The highest BCUT2D eigenvalue weighted by molar-refractivity contribution is 7.08. The van der Waals surface area contributed by atoms with Crippen LogP contribution in [0, 0.1) is 0 Å². The van der Waals surface area contributed by atoms with Crippen LogP contribution in [0.5, 0.6) is 0 Å². The molecule has 0 radical (unpaired) electrons. The Hall–Kier alpha value is -1.44. The number of aromatic nitrogens is 2. The van der Waals surface area contributed by atoms with Crippen molar-refractivity contribution in [3.8, 4) is 0 Å². The summed E-state index contributed by atoms with van der Waals surface area (Å²) in [4.78, 5) is 16.1. The normalized spacial score (nSPS) is 16.2. The molecule has 1 fully saturated rings. The van der Waals surface area contributed by atoms with Gasteiger partial charge in [0.2, 0.25) is 5.89 Å².